The molecule has 1 N–H and O–H groups in total. The molecule has 0 aliphatic rings. The fourth-order valence-electron chi connectivity index (χ4n) is 4.23. The van der Waals surface area contributed by atoms with Crippen molar-refractivity contribution < 1.29 is 28.6 Å². The summed E-state index contributed by atoms with van der Waals surface area (Å²) in [5, 5.41) is 3.67. The summed E-state index contributed by atoms with van der Waals surface area (Å²) in [5.41, 5.74) is 1.34. The normalized spacial score (nSPS) is 13.6. The highest BCUT2D eigenvalue weighted by Gasteiger charge is 2.32. The van der Waals surface area contributed by atoms with E-state index < -0.39 is 35.8 Å². The molecule has 1 heterocycles. The summed E-state index contributed by atoms with van der Waals surface area (Å²) >= 11 is 1.25. The Morgan fingerprint density at radius 1 is 0.949 bits per heavy atom. The molecule has 1 amide bonds. The van der Waals surface area contributed by atoms with Crippen molar-refractivity contribution in [1.29, 1.82) is 0 Å². The molecule has 0 saturated heterocycles. The highest BCUT2D eigenvalue weighted by atomic mass is 32.1. The van der Waals surface area contributed by atoms with Gasteiger partial charge in [0.15, 0.2) is 0 Å². The summed E-state index contributed by atoms with van der Waals surface area (Å²) in [7, 11) is 1.33. The molecule has 208 valence electrons. The number of nitrogens with one attached hydrogen (secondary N) is 1. The maximum atomic E-state index is 12.9. The topological polar surface area (TPSA) is 104 Å². The maximum Gasteiger partial charge on any atom is 0.408 e. The number of thiazole rings is 1. The largest absolute Gasteiger partial charge is 0.465 e. The highest BCUT2D eigenvalue weighted by molar-refractivity contribution is 7.13. The zero-order valence-corrected chi connectivity index (χ0v) is 23.8. The standard InChI is InChI=1S/C30H36N2O6S/c1-20(33)37-25(24(17-22-14-10-7-11-15-22)32-29(35)38-30(2,3)4)18-23(16-21-12-8-6-9-13-21)27-31-19-26(39-27)28(34)36-5/h6-15,19,23-25H,16-18H2,1-5H3,(H,32,35)/t23-,24+,25+/m1/s1. The fraction of sp³-hybridized carbons (Fsp3) is 0.400. The van der Waals surface area contributed by atoms with Gasteiger partial charge in [-0.25, -0.2) is 14.6 Å². The zero-order chi connectivity index (χ0) is 28.4. The van der Waals surface area contributed by atoms with Crippen LogP contribution in [0.1, 0.15) is 65.8 Å². The Kier molecular flexibility index (Phi) is 10.6. The van der Waals surface area contributed by atoms with Gasteiger partial charge in [0.25, 0.3) is 0 Å². The minimum Gasteiger partial charge on any atom is -0.465 e. The minimum absolute atomic E-state index is 0.209. The minimum atomic E-state index is -0.700. The van der Waals surface area contributed by atoms with Crippen molar-refractivity contribution in [2.75, 3.05) is 7.11 Å². The number of amides is 1. The van der Waals surface area contributed by atoms with Crippen LogP contribution in [0.3, 0.4) is 0 Å². The molecule has 3 aromatic rings. The smallest absolute Gasteiger partial charge is 0.408 e. The van der Waals surface area contributed by atoms with Crippen molar-refractivity contribution in [1.82, 2.24) is 10.3 Å². The molecule has 0 radical (unpaired) electrons. The number of hydrogen-bond acceptors (Lipinski definition) is 8. The van der Waals surface area contributed by atoms with E-state index in [1.807, 2.05) is 60.7 Å². The second-order valence-electron chi connectivity index (χ2n) is 10.3. The Hall–Kier alpha value is -3.72. The average Bonchev–Trinajstić information content (AvgIpc) is 3.37. The third kappa shape index (κ3) is 9.83. The lowest BCUT2D eigenvalue weighted by Gasteiger charge is -2.31. The molecule has 0 aliphatic carbocycles. The van der Waals surface area contributed by atoms with Crippen LogP contribution in [0.5, 0.6) is 0 Å². The van der Waals surface area contributed by atoms with Gasteiger partial charge in [0.05, 0.1) is 24.4 Å². The predicted octanol–water partition coefficient (Wildman–Crippen LogP) is 5.71. The van der Waals surface area contributed by atoms with Crippen molar-refractivity contribution in [3.63, 3.8) is 0 Å². The van der Waals surface area contributed by atoms with Gasteiger partial charge in [-0.05, 0) is 51.2 Å². The number of nitrogens with zero attached hydrogens (tertiary/aromatic N) is 1. The molecule has 0 saturated carbocycles. The molecule has 0 spiro atoms. The summed E-state index contributed by atoms with van der Waals surface area (Å²) in [6.07, 6.45) is 1.58. The van der Waals surface area contributed by atoms with E-state index in [4.69, 9.17) is 14.2 Å². The van der Waals surface area contributed by atoms with Gasteiger partial charge in [-0.1, -0.05) is 60.7 Å². The monoisotopic (exact) mass is 552 g/mol. The van der Waals surface area contributed by atoms with Crippen LogP contribution in [0.4, 0.5) is 4.79 Å². The van der Waals surface area contributed by atoms with E-state index in [2.05, 4.69) is 10.3 Å². The lowest BCUT2D eigenvalue weighted by molar-refractivity contribution is -0.148. The van der Waals surface area contributed by atoms with Crippen LogP contribution in [0.2, 0.25) is 0 Å². The molecule has 9 heteroatoms. The van der Waals surface area contributed by atoms with E-state index in [1.165, 1.54) is 31.6 Å². The summed E-state index contributed by atoms with van der Waals surface area (Å²) in [4.78, 5) is 42.2. The van der Waals surface area contributed by atoms with Crippen LogP contribution in [0.25, 0.3) is 0 Å². The molecule has 3 rings (SSSR count). The van der Waals surface area contributed by atoms with E-state index >= 15 is 0 Å². The molecule has 0 aliphatic heterocycles. The second-order valence-corrected chi connectivity index (χ2v) is 11.3. The third-order valence-electron chi connectivity index (χ3n) is 5.87. The first-order valence-electron chi connectivity index (χ1n) is 12.8. The van der Waals surface area contributed by atoms with Gasteiger partial charge in [-0.3, -0.25) is 4.79 Å². The van der Waals surface area contributed by atoms with Gasteiger partial charge >= 0.3 is 18.0 Å². The lowest BCUT2D eigenvalue weighted by Crippen LogP contribution is -2.48. The Morgan fingerprint density at radius 2 is 1.54 bits per heavy atom. The van der Waals surface area contributed by atoms with Crippen LogP contribution in [0, 0.1) is 0 Å². The van der Waals surface area contributed by atoms with E-state index in [9.17, 15) is 14.4 Å². The van der Waals surface area contributed by atoms with Gasteiger partial charge in [-0.15, -0.1) is 11.3 Å². The van der Waals surface area contributed by atoms with Crippen LogP contribution in [0.15, 0.2) is 66.9 Å². The van der Waals surface area contributed by atoms with Gasteiger partial charge in [0.2, 0.25) is 0 Å². The number of ether oxygens (including phenoxy) is 3. The SMILES string of the molecule is COC(=O)c1cnc([C@H](Cc2ccccc2)C[C@H](OC(C)=O)[C@H](Cc2ccccc2)NC(=O)OC(C)(C)C)s1. The molecular formula is C30H36N2O6S. The van der Waals surface area contributed by atoms with Crippen molar-refractivity contribution in [3.05, 3.63) is 87.9 Å². The summed E-state index contributed by atoms with van der Waals surface area (Å²) in [6, 6.07) is 19.0. The molecular weight excluding hydrogens is 516 g/mol. The van der Waals surface area contributed by atoms with E-state index in [-0.39, 0.29) is 5.92 Å². The first-order valence-corrected chi connectivity index (χ1v) is 13.6. The Morgan fingerprint density at radius 3 is 2.08 bits per heavy atom. The van der Waals surface area contributed by atoms with Crippen molar-refractivity contribution in [3.8, 4) is 0 Å². The number of esters is 2. The Balaban J connectivity index is 1.97. The first kappa shape index (κ1) is 29.8. The molecule has 0 unspecified atom stereocenters. The third-order valence-corrected chi connectivity index (χ3v) is 7.01. The molecule has 39 heavy (non-hydrogen) atoms. The van der Waals surface area contributed by atoms with Gasteiger partial charge in [0.1, 0.15) is 16.6 Å². The van der Waals surface area contributed by atoms with E-state index in [0.717, 1.165) is 11.1 Å². The quantitative estimate of drug-likeness (QED) is 0.240. The van der Waals surface area contributed by atoms with Crippen LogP contribution < -0.4 is 5.32 Å². The molecule has 1 aromatic heterocycles. The maximum absolute atomic E-state index is 12.9. The van der Waals surface area contributed by atoms with Gasteiger partial charge < -0.3 is 19.5 Å². The number of hydrogen-bond donors (Lipinski definition) is 1. The van der Waals surface area contributed by atoms with E-state index in [1.54, 1.807) is 20.8 Å². The van der Waals surface area contributed by atoms with Crippen LogP contribution in [-0.2, 0) is 31.8 Å². The molecule has 3 atom stereocenters. The molecule has 2 aromatic carbocycles. The summed E-state index contributed by atoms with van der Waals surface area (Å²) < 4.78 is 16.3. The highest BCUT2D eigenvalue weighted by Crippen LogP contribution is 2.32. The number of carbonyl (C=O) groups is 3. The van der Waals surface area contributed by atoms with Crippen molar-refractivity contribution in [2.45, 2.75) is 70.6 Å². The van der Waals surface area contributed by atoms with Gasteiger partial charge in [-0.2, -0.15) is 0 Å². The van der Waals surface area contributed by atoms with E-state index in [0.29, 0.717) is 29.1 Å². The number of aromatic nitrogens is 1. The lowest BCUT2D eigenvalue weighted by atomic mass is 9.89. The second kappa shape index (κ2) is 13.9. The number of alkyl carbamates (subject to hydrolysis) is 1. The number of benzene rings is 2. The van der Waals surface area contributed by atoms with Crippen molar-refractivity contribution in [2.24, 2.45) is 0 Å². The molecule has 0 bridgehead atoms. The number of methoxy groups -OCH3 is 1. The molecule has 0 fully saturated rings. The summed E-state index contributed by atoms with van der Waals surface area (Å²) in [5.74, 6) is -1.13. The van der Waals surface area contributed by atoms with Crippen LogP contribution >= 0.6 is 11.3 Å². The summed E-state index contributed by atoms with van der Waals surface area (Å²) in [6.45, 7) is 6.73. The van der Waals surface area contributed by atoms with Crippen LogP contribution in [-0.4, -0.2) is 47.9 Å². The average molecular weight is 553 g/mol. The Labute approximate surface area is 233 Å². The first-order chi connectivity index (χ1) is 18.5. The zero-order valence-electron chi connectivity index (χ0n) is 23.0. The predicted molar refractivity (Wildman–Crippen MR) is 150 cm³/mol. The molecule has 8 nitrogen and oxygen atoms in total. The Bertz CT molecular complexity index is 1220. The number of rotatable bonds is 11. The van der Waals surface area contributed by atoms with Crippen molar-refractivity contribution >= 4 is 29.4 Å². The van der Waals surface area contributed by atoms with Gasteiger partial charge in [0, 0.05) is 12.8 Å². The number of carbonyl (C=O) groups excluding carboxylic acids is 3. The fourth-order valence-corrected chi connectivity index (χ4v) is 5.18.